The maximum absolute atomic E-state index is 12.8. The SMILES string of the molecule is COc1ccc(C[N+]2(C)[C@@H]3CC[C@H]2CC(OC(=O)CCCC(=O)OC2C[C@H]4CC[C@@H](C2)[N+]4(C)Cc2ccc(OC)cc2)C3)cc1. The second kappa shape index (κ2) is 13.3. The molecule has 244 valence electrons. The summed E-state index contributed by atoms with van der Waals surface area (Å²) in [6.45, 7) is 1.98. The van der Waals surface area contributed by atoms with E-state index in [4.69, 9.17) is 18.9 Å². The van der Waals surface area contributed by atoms with E-state index in [1.807, 2.05) is 24.3 Å². The molecule has 0 amide bonds. The maximum Gasteiger partial charge on any atom is 0.306 e. The van der Waals surface area contributed by atoms with Gasteiger partial charge in [0.15, 0.2) is 0 Å². The number of hydrogen-bond acceptors (Lipinski definition) is 6. The van der Waals surface area contributed by atoms with Crippen molar-refractivity contribution in [3.05, 3.63) is 59.7 Å². The second-order valence-corrected chi connectivity index (χ2v) is 14.5. The number of rotatable bonds is 12. The summed E-state index contributed by atoms with van der Waals surface area (Å²) in [7, 11) is 8.13. The van der Waals surface area contributed by atoms with Crippen LogP contribution in [0.15, 0.2) is 48.5 Å². The monoisotopic (exact) mass is 620 g/mol. The third-order valence-electron chi connectivity index (χ3n) is 11.9. The summed E-state index contributed by atoms with van der Waals surface area (Å²) in [5, 5.41) is 0. The van der Waals surface area contributed by atoms with Crippen LogP contribution in [0.2, 0.25) is 0 Å². The van der Waals surface area contributed by atoms with Gasteiger partial charge in [-0.15, -0.1) is 0 Å². The zero-order chi connectivity index (χ0) is 31.6. The van der Waals surface area contributed by atoms with Gasteiger partial charge in [0, 0.05) is 75.3 Å². The van der Waals surface area contributed by atoms with Gasteiger partial charge in [0.25, 0.3) is 0 Å². The maximum atomic E-state index is 12.8. The van der Waals surface area contributed by atoms with Gasteiger partial charge in [-0.1, -0.05) is 0 Å². The van der Waals surface area contributed by atoms with Gasteiger partial charge >= 0.3 is 11.9 Å². The van der Waals surface area contributed by atoms with Crippen LogP contribution in [0.4, 0.5) is 0 Å². The van der Waals surface area contributed by atoms with Crippen LogP contribution in [0, 0.1) is 0 Å². The molecule has 4 fully saturated rings. The molecule has 45 heavy (non-hydrogen) atoms. The van der Waals surface area contributed by atoms with Crippen LogP contribution in [-0.2, 0) is 32.2 Å². The Morgan fingerprint density at radius 2 is 0.933 bits per heavy atom. The van der Waals surface area contributed by atoms with Gasteiger partial charge in [-0.3, -0.25) is 9.59 Å². The Kier molecular flexibility index (Phi) is 9.44. The smallest absolute Gasteiger partial charge is 0.306 e. The highest BCUT2D eigenvalue weighted by Gasteiger charge is 2.53. The number of hydrogen-bond donors (Lipinski definition) is 0. The molecule has 4 bridgehead atoms. The van der Waals surface area contributed by atoms with Crippen LogP contribution in [0.3, 0.4) is 0 Å². The lowest BCUT2D eigenvalue weighted by Gasteiger charge is -2.47. The van der Waals surface area contributed by atoms with Crippen LogP contribution in [-0.4, -0.2) is 85.6 Å². The molecule has 4 aliphatic heterocycles. The third-order valence-corrected chi connectivity index (χ3v) is 11.9. The number of quaternary nitrogens is 2. The van der Waals surface area contributed by atoms with E-state index < -0.39 is 0 Å². The van der Waals surface area contributed by atoms with Gasteiger partial charge in [-0.25, -0.2) is 0 Å². The molecule has 4 unspecified atom stereocenters. The van der Waals surface area contributed by atoms with E-state index in [0.717, 1.165) is 59.2 Å². The average molecular weight is 621 g/mol. The Morgan fingerprint density at radius 3 is 1.24 bits per heavy atom. The van der Waals surface area contributed by atoms with Gasteiger partial charge in [0.2, 0.25) is 0 Å². The van der Waals surface area contributed by atoms with E-state index in [0.29, 0.717) is 30.6 Å². The first-order valence-corrected chi connectivity index (χ1v) is 17.0. The molecule has 0 aromatic heterocycles. The number of carbonyl (C=O) groups is 2. The molecule has 4 saturated heterocycles. The molecule has 6 rings (SSSR count). The quantitative estimate of drug-likeness (QED) is 0.216. The van der Waals surface area contributed by atoms with Crippen LogP contribution in [0.5, 0.6) is 11.5 Å². The highest BCUT2D eigenvalue weighted by atomic mass is 16.5. The highest BCUT2D eigenvalue weighted by molar-refractivity contribution is 5.72. The average Bonchev–Trinajstić information content (AvgIpc) is 3.26. The van der Waals surface area contributed by atoms with Crippen molar-refractivity contribution in [2.45, 2.75) is 120 Å². The molecule has 0 radical (unpaired) electrons. The zero-order valence-corrected chi connectivity index (χ0v) is 27.6. The van der Waals surface area contributed by atoms with Crippen molar-refractivity contribution in [2.24, 2.45) is 0 Å². The molecular weight excluding hydrogens is 568 g/mol. The topological polar surface area (TPSA) is 71.1 Å². The summed E-state index contributed by atoms with van der Waals surface area (Å²) < 4.78 is 24.6. The van der Waals surface area contributed by atoms with E-state index in [-0.39, 0.29) is 37.0 Å². The fourth-order valence-electron chi connectivity index (χ4n) is 9.21. The fraction of sp³-hybridized carbons (Fsp3) is 0.622. The summed E-state index contributed by atoms with van der Waals surface area (Å²) in [4.78, 5) is 25.6. The third kappa shape index (κ3) is 6.87. The van der Waals surface area contributed by atoms with E-state index in [9.17, 15) is 9.59 Å². The van der Waals surface area contributed by atoms with Gasteiger partial charge < -0.3 is 27.9 Å². The Balaban J connectivity index is 0.912. The lowest BCUT2D eigenvalue weighted by Crippen LogP contribution is -2.58. The number of methoxy groups -OCH3 is 2. The van der Waals surface area contributed by atoms with Crippen molar-refractivity contribution in [3.8, 4) is 11.5 Å². The molecule has 2 aromatic rings. The molecule has 0 saturated carbocycles. The number of piperidine rings is 2. The van der Waals surface area contributed by atoms with Crippen molar-refractivity contribution < 1.29 is 37.5 Å². The number of carbonyl (C=O) groups excluding carboxylic acids is 2. The molecule has 4 heterocycles. The van der Waals surface area contributed by atoms with Gasteiger partial charge in [0.05, 0.1) is 52.5 Å². The standard InChI is InChI=1S/C37H52N2O6/c1-38(24-26-8-16-32(42-3)17-9-26)28-12-13-29(38)21-34(20-28)44-36(40)6-5-7-37(41)45-35-22-30-14-15-31(23-35)39(30,2)25-27-10-18-33(43-4)19-11-27/h8-11,16-19,28-31,34-35H,5-7,12-15,20-25H2,1-4H3/q+2/t28-,29+,30-,31+,34?,35?,38?,39?. The lowest BCUT2D eigenvalue weighted by atomic mass is 9.95. The summed E-state index contributed by atoms with van der Waals surface area (Å²) in [5.41, 5.74) is 2.64. The largest absolute Gasteiger partial charge is 0.497 e. The first kappa shape index (κ1) is 31.9. The number of benzene rings is 2. The predicted octanol–water partition coefficient (Wildman–Crippen LogP) is 5.94. The number of ether oxygens (including phenoxy) is 4. The minimum Gasteiger partial charge on any atom is -0.497 e. The molecule has 8 heteroatoms. The van der Waals surface area contributed by atoms with Crippen LogP contribution in [0.1, 0.15) is 81.8 Å². The summed E-state index contributed by atoms with van der Waals surface area (Å²) in [5.74, 6) is 1.40. The Labute approximate surface area is 268 Å². The van der Waals surface area contributed by atoms with Crippen LogP contribution >= 0.6 is 0 Å². The number of esters is 2. The first-order valence-electron chi connectivity index (χ1n) is 17.0. The van der Waals surface area contributed by atoms with E-state index >= 15 is 0 Å². The van der Waals surface area contributed by atoms with E-state index in [1.165, 1.54) is 36.8 Å². The predicted molar refractivity (Wildman–Crippen MR) is 171 cm³/mol. The molecule has 2 aromatic carbocycles. The van der Waals surface area contributed by atoms with Crippen molar-refractivity contribution >= 4 is 11.9 Å². The number of nitrogens with zero attached hydrogens (tertiary/aromatic N) is 2. The van der Waals surface area contributed by atoms with Gasteiger partial charge in [-0.05, 0) is 55.0 Å². The zero-order valence-electron chi connectivity index (χ0n) is 27.6. The molecule has 4 aliphatic rings. The lowest BCUT2D eigenvalue weighted by molar-refractivity contribution is -0.961. The summed E-state index contributed by atoms with van der Waals surface area (Å²) in [6.07, 6.45) is 9.35. The van der Waals surface area contributed by atoms with Crippen molar-refractivity contribution in [1.29, 1.82) is 0 Å². The molecule has 0 spiro atoms. The Hall–Kier alpha value is -3.10. The van der Waals surface area contributed by atoms with E-state index in [1.54, 1.807) is 14.2 Å². The van der Waals surface area contributed by atoms with Crippen LogP contribution < -0.4 is 9.47 Å². The minimum atomic E-state index is -0.180. The van der Waals surface area contributed by atoms with Crippen molar-refractivity contribution in [2.75, 3.05) is 28.3 Å². The Bertz CT molecular complexity index is 1200. The van der Waals surface area contributed by atoms with Crippen molar-refractivity contribution in [3.63, 3.8) is 0 Å². The molecular formula is C37H52N2O6+2. The minimum absolute atomic E-state index is 0.0212. The number of fused-ring (bicyclic) bond motifs is 4. The molecule has 0 N–H and O–H groups in total. The molecule has 0 aliphatic carbocycles. The van der Waals surface area contributed by atoms with Crippen LogP contribution in [0.25, 0.3) is 0 Å². The highest BCUT2D eigenvalue weighted by Crippen LogP contribution is 2.45. The fourth-order valence-corrected chi connectivity index (χ4v) is 9.21. The van der Waals surface area contributed by atoms with Crippen molar-refractivity contribution in [1.82, 2.24) is 0 Å². The Morgan fingerprint density at radius 1 is 0.600 bits per heavy atom. The molecule has 8 atom stereocenters. The first-order chi connectivity index (χ1) is 21.7. The normalized spacial score (nSPS) is 33.4. The van der Waals surface area contributed by atoms with Gasteiger partial charge in [-0.2, -0.15) is 0 Å². The van der Waals surface area contributed by atoms with E-state index in [2.05, 4.69) is 38.4 Å². The summed E-state index contributed by atoms with van der Waals surface area (Å²) >= 11 is 0. The van der Waals surface area contributed by atoms with Gasteiger partial charge in [0.1, 0.15) is 36.8 Å². The second-order valence-electron chi connectivity index (χ2n) is 14.5. The molecule has 8 nitrogen and oxygen atoms in total. The summed E-state index contributed by atoms with van der Waals surface area (Å²) in [6, 6.07) is 18.8.